The first-order valence-corrected chi connectivity index (χ1v) is 8.43. The molecule has 2 N–H and O–H groups in total. The van der Waals surface area contributed by atoms with Crippen LogP contribution in [0.3, 0.4) is 0 Å². The number of likely N-dealkylation sites (tertiary alicyclic amines) is 1. The zero-order valence-corrected chi connectivity index (χ0v) is 14.5. The van der Waals surface area contributed by atoms with Crippen molar-refractivity contribution in [1.29, 1.82) is 0 Å². The molecule has 1 atom stereocenters. The molecule has 2 amide bonds. The standard InChI is InChI=1S/C18H29N3O2/c1-4-16(20(2)3)14-19-17(22)21-12-10-18(23,11-13-21)15-8-6-5-7-9-15/h5-9,16,23H,4,10-14H2,1-3H3,(H,19,22)/t16-/m0/s1. The van der Waals surface area contributed by atoms with E-state index in [1.54, 1.807) is 4.90 Å². The van der Waals surface area contributed by atoms with Gasteiger partial charge in [-0.3, -0.25) is 0 Å². The number of amides is 2. The fourth-order valence-corrected chi connectivity index (χ4v) is 3.13. The second kappa shape index (κ2) is 7.79. The van der Waals surface area contributed by atoms with Gasteiger partial charge in [-0.25, -0.2) is 4.79 Å². The summed E-state index contributed by atoms with van der Waals surface area (Å²) in [6, 6.07) is 10.1. The summed E-state index contributed by atoms with van der Waals surface area (Å²) in [7, 11) is 4.06. The Balaban J connectivity index is 1.85. The highest BCUT2D eigenvalue weighted by Gasteiger charge is 2.35. The summed E-state index contributed by atoms with van der Waals surface area (Å²) >= 11 is 0. The molecule has 1 aromatic carbocycles. The second-order valence-electron chi connectivity index (χ2n) is 6.60. The fourth-order valence-electron chi connectivity index (χ4n) is 3.13. The summed E-state index contributed by atoms with van der Waals surface area (Å²) in [6.07, 6.45) is 2.16. The summed E-state index contributed by atoms with van der Waals surface area (Å²) in [5.74, 6) is 0. The lowest BCUT2D eigenvalue weighted by atomic mass is 9.84. The van der Waals surface area contributed by atoms with Crippen LogP contribution in [-0.2, 0) is 5.60 Å². The minimum atomic E-state index is -0.812. The van der Waals surface area contributed by atoms with Crippen LogP contribution in [0.25, 0.3) is 0 Å². The molecule has 1 heterocycles. The van der Waals surface area contributed by atoms with Crippen molar-refractivity contribution in [2.75, 3.05) is 33.7 Å². The molecule has 2 rings (SSSR count). The van der Waals surface area contributed by atoms with Gasteiger partial charge in [0.1, 0.15) is 0 Å². The van der Waals surface area contributed by atoms with Crippen LogP contribution >= 0.6 is 0 Å². The molecule has 1 saturated heterocycles. The van der Waals surface area contributed by atoms with Crippen molar-refractivity contribution in [1.82, 2.24) is 15.1 Å². The molecule has 5 nitrogen and oxygen atoms in total. The molecule has 5 heteroatoms. The zero-order valence-electron chi connectivity index (χ0n) is 14.5. The quantitative estimate of drug-likeness (QED) is 0.873. The molecule has 1 fully saturated rings. The molecule has 23 heavy (non-hydrogen) atoms. The number of carbonyl (C=O) groups excluding carboxylic acids is 1. The molecule has 0 unspecified atom stereocenters. The Morgan fingerprint density at radius 2 is 1.91 bits per heavy atom. The number of urea groups is 1. The molecule has 0 radical (unpaired) electrons. The number of nitrogens with zero attached hydrogens (tertiary/aromatic N) is 2. The van der Waals surface area contributed by atoms with Gasteiger partial charge in [-0.2, -0.15) is 0 Å². The van der Waals surface area contributed by atoms with E-state index >= 15 is 0 Å². The highest BCUT2D eigenvalue weighted by Crippen LogP contribution is 2.32. The first kappa shape index (κ1) is 17.8. The first-order chi connectivity index (χ1) is 11.0. The van der Waals surface area contributed by atoms with Crippen molar-refractivity contribution in [2.45, 2.75) is 37.8 Å². The van der Waals surface area contributed by atoms with Crippen LogP contribution in [0.15, 0.2) is 30.3 Å². The average Bonchev–Trinajstić information content (AvgIpc) is 2.56. The van der Waals surface area contributed by atoms with Gasteiger partial charge in [0.05, 0.1) is 5.60 Å². The van der Waals surface area contributed by atoms with Crippen LogP contribution in [0.5, 0.6) is 0 Å². The molecule has 0 aromatic heterocycles. The number of aliphatic hydroxyl groups is 1. The van der Waals surface area contributed by atoms with Gasteiger partial charge in [0.2, 0.25) is 0 Å². The maximum absolute atomic E-state index is 12.3. The molecule has 0 aliphatic carbocycles. The molecule has 1 aliphatic heterocycles. The molecule has 0 bridgehead atoms. The highest BCUT2D eigenvalue weighted by atomic mass is 16.3. The van der Waals surface area contributed by atoms with E-state index in [0.29, 0.717) is 38.5 Å². The normalized spacial score (nSPS) is 18.7. The lowest BCUT2D eigenvalue weighted by Gasteiger charge is -2.38. The number of hydrogen-bond donors (Lipinski definition) is 2. The summed E-state index contributed by atoms with van der Waals surface area (Å²) in [5, 5.41) is 13.8. The third kappa shape index (κ3) is 4.45. The molecular formula is C18H29N3O2. The Morgan fingerprint density at radius 1 is 1.30 bits per heavy atom. The van der Waals surface area contributed by atoms with Gasteiger partial charge in [0, 0.05) is 25.7 Å². The van der Waals surface area contributed by atoms with Crippen molar-refractivity contribution in [3.63, 3.8) is 0 Å². The van der Waals surface area contributed by atoms with Gasteiger partial charge < -0.3 is 20.2 Å². The van der Waals surface area contributed by atoms with E-state index in [4.69, 9.17) is 0 Å². The maximum Gasteiger partial charge on any atom is 0.317 e. The molecule has 0 saturated carbocycles. The summed E-state index contributed by atoms with van der Waals surface area (Å²) in [6.45, 7) is 3.94. The summed E-state index contributed by atoms with van der Waals surface area (Å²) < 4.78 is 0. The van der Waals surface area contributed by atoms with E-state index in [2.05, 4.69) is 17.1 Å². The number of likely N-dealkylation sites (N-methyl/N-ethyl adjacent to an activating group) is 1. The number of carbonyl (C=O) groups is 1. The number of hydrogen-bond acceptors (Lipinski definition) is 3. The van der Waals surface area contributed by atoms with Gasteiger partial charge in [-0.15, -0.1) is 0 Å². The fraction of sp³-hybridized carbons (Fsp3) is 0.611. The smallest absolute Gasteiger partial charge is 0.317 e. The SMILES string of the molecule is CC[C@@H](CNC(=O)N1CCC(O)(c2ccccc2)CC1)N(C)C. The van der Waals surface area contributed by atoms with Gasteiger partial charge >= 0.3 is 6.03 Å². The summed E-state index contributed by atoms with van der Waals surface area (Å²) in [5.41, 5.74) is 0.131. The number of rotatable bonds is 5. The Labute approximate surface area is 139 Å². The van der Waals surface area contributed by atoms with Crippen molar-refractivity contribution < 1.29 is 9.90 Å². The number of piperidine rings is 1. The highest BCUT2D eigenvalue weighted by molar-refractivity contribution is 5.74. The minimum absolute atomic E-state index is 0.0274. The molecule has 0 spiro atoms. The second-order valence-corrected chi connectivity index (χ2v) is 6.60. The van der Waals surface area contributed by atoms with Gasteiger partial charge in [0.25, 0.3) is 0 Å². The third-order valence-corrected chi connectivity index (χ3v) is 4.88. The van der Waals surface area contributed by atoms with Crippen LogP contribution in [0, 0.1) is 0 Å². The Hall–Kier alpha value is -1.59. The van der Waals surface area contributed by atoms with Crippen LogP contribution in [0.1, 0.15) is 31.7 Å². The molecule has 1 aromatic rings. The van der Waals surface area contributed by atoms with Crippen LogP contribution in [-0.4, -0.2) is 60.7 Å². The van der Waals surface area contributed by atoms with E-state index in [9.17, 15) is 9.90 Å². The van der Waals surface area contributed by atoms with E-state index in [-0.39, 0.29) is 6.03 Å². The Morgan fingerprint density at radius 3 is 2.43 bits per heavy atom. The Kier molecular flexibility index (Phi) is 6.02. The number of nitrogens with one attached hydrogen (secondary N) is 1. The largest absolute Gasteiger partial charge is 0.385 e. The monoisotopic (exact) mass is 319 g/mol. The van der Waals surface area contributed by atoms with E-state index in [1.165, 1.54) is 0 Å². The topological polar surface area (TPSA) is 55.8 Å². The van der Waals surface area contributed by atoms with Crippen LogP contribution in [0.2, 0.25) is 0 Å². The van der Waals surface area contributed by atoms with E-state index < -0.39 is 5.60 Å². The lowest BCUT2D eigenvalue weighted by Crippen LogP contribution is -2.50. The Bertz CT molecular complexity index is 496. The predicted octanol–water partition coefficient (Wildman–Crippen LogP) is 2.02. The number of benzene rings is 1. The van der Waals surface area contributed by atoms with Crippen LogP contribution in [0.4, 0.5) is 4.79 Å². The summed E-state index contributed by atoms with van der Waals surface area (Å²) in [4.78, 5) is 16.2. The average molecular weight is 319 g/mol. The van der Waals surface area contributed by atoms with Gasteiger partial charge in [-0.05, 0) is 38.9 Å². The third-order valence-electron chi connectivity index (χ3n) is 4.88. The van der Waals surface area contributed by atoms with Gasteiger partial charge in [-0.1, -0.05) is 37.3 Å². The predicted molar refractivity (Wildman–Crippen MR) is 92.3 cm³/mol. The lowest BCUT2D eigenvalue weighted by molar-refractivity contribution is -0.0168. The molecule has 128 valence electrons. The zero-order chi connectivity index (χ0) is 16.9. The first-order valence-electron chi connectivity index (χ1n) is 8.43. The van der Waals surface area contributed by atoms with Crippen molar-refractivity contribution in [3.05, 3.63) is 35.9 Å². The minimum Gasteiger partial charge on any atom is -0.385 e. The van der Waals surface area contributed by atoms with Gasteiger partial charge in [0.15, 0.2) is 0 Å². The molecular weight excluding hydrogens is 290 g/mol. The maximum atomic E-state index is 12.3. The van der Waals surface area contributed by atoms with Crippen molar-refractivity contribution in [3.8, 4) is 0 Å². The van der Waals surface area contributed by atoms with Crippen molar-refractivity contribution in [2.24, 2.45) is 0 Å². The van der Waals surface area contributed by atoms with Crippen LogP contribution < -0.4 is 5.32 Å². The van der Waals surface area contributed by atoms with Crippen molar-refractivity contribution >= 4 is 6.03 Å². The van der Waals surface area contributed by atoms with E-state index in [1.807, 2.05) is 44.4 Å². The molecule has 1 aliphatic rings. The van der Waals surface area contributed by atoms with E-state index in [0.717, 1.165) is 12.0 Å².